The third kappa shape index (κ3) is 2.13. The van der Waals surface area contributed by atoms with Gasteiger partial charge in [0.25, 0.3) is 5.56 Å². The lowest BCUT2D eigenvalue weighted by molar-refractivity contribution is 0.628. The van der Waals surface area contributed by atoms with Crippen LogP contribution in [0.25, 0.3) is 33.3 Å². The Kier molecular flexibility index (Phi) is 3.54. The van der Waals surface area contributed by atoms with Gasteiger partial charge in [-0.15, -0.1) is 10.2 Å². The van der Waals surface area contributed by atoms with Crippen molar-refractivity contribution in [2.75, 3.05) is 0 Å². The SMILES string of the molecule is CC(C)n1c(-c2ccccc2)cc2nnc3c(c(=O)n(C)c(=O)n3C)c21. The van der Waals surface area contributed by atoms with Gasteiger partial charge in [-0.25, -0.2) is 4.79 Å². The zero-order chi connectivity index (χ0) is 18.6. The van der Waals surface area contributed by atoms with Crippen LogP contribution in [0.4, 0.5) is 0 Å². The van der Waals surface area contributed by atoms with Crippen LogP contribution >= 0.6 is 0 Å². The maximum Gasteiger partial charge on any atom is 0.332 e. The summed E-state index contributed by atoms with van der Waals surface area (Å²) in [5, 5.41) is 8.87. The molecule has 26 heavy (non-hydrogen) atoms. The van der Waals surface area contributed by atoms with Gasteiger partial charge in [-0.05, 0) is 25.5 Å². The van der Waals surface area contributed by atoms with Crippen molar-refractivity contribution in [2.45, 2.75) is 19.9 Å². The average Bonchev–Trinajstić information content (AvgIpc) is 3.04. The van der Waals surface area contributed by atoms with Crippen molar-refractivity contribution in [3.63, 3.8) is 0 Å². The number of hydrogen-bond donors (Lipinski definition) is 0. The first-order chi connectivity index (χ1) is 12.4. The molecule has 0 saturated carbocycles. The molecule has 7 heteroatoms. The van der Waals surface area contributed by atoms with Crippen molar-refractivity contribution in [1.29, 1.82) is 0 Å². The fourth-order valence-corrected chi connectivity index (χ4v) is 3.46. The summed E-state index contributed by atoms with van der Waals surface area (Å²) in [5.74, 6) is 0. The van der Waals surface area contributed by atoms with E-state index in [1.165, 1.54) is 11.6 Å². The van der Waals surface area contributed by atoms with E-state index in [4.69, 9.17) is 0 Å². The van der Waals surface area contributed by atoms with Gasteiger partial charge in [-0.1, -0.05) is 30.3 Å². The van der Waals surface area contributed by atoms with Crippen molar-refractivity contribution < 1.29 is 0 Å². The van der Waals surface area contributed by atoms with Crippen molar-refractivity contribution in [3.8, 4) is 11.3 Å². The summed E-state index contributed by atoms with van der Waals surface area (Å²) in [6.07, 6.45) is 0. The summed E-state index contributed by atoms with van der Waals surface area (Å²) < 4.78 is 4.57. The average molecular weight is 349 g/mol. The van der Waals surface area contributed by atoms with Crippen LogP contribution in [0.3, 0.4) is 0 Å². The molecule has 0 atom stereocenters. The zero-order valence-corrected chi connectivity index (χ0v) is 15.1. The molecule has 4 aromatic rings. The molecule has 0 amide bonds. The van der Waals surface area contributed by atoms with Crippen LogP contribution in [0.15, 0.2) is 46.0 Å². The molecule has 1 aromatic carbocycles. The lowest BCUT2D eigenvalue weighted by Gasteiger charge is -2.16. The van der Waals surface area contributed by atoms with Gasteiger partial charge in [0.2, 0.25) is 0 Å². The van der Waals surface area contributed by atoms with E-state index in [0.717, 1.165) is 15.8 Å². The van der Waals surface area contributed by atoms with Crippen LogP contribution in [0.2, 0.25) is 0 Å². The molecule has 3 aromatic heterocycles. The molecule has 0 spiro atoms. The first kappa shape index (κ1) is 16.3. The molecule has 0 radical (unpaired) electrons. The highest BCUT2D eigenvalue weighted by atomic mass is 16.2. The summed E-state index contributed by atoms with van der Waals surface area (Å²) in [4.78, 5) is 25.1. The highest BCUT2D eigenvalue weighted by molar-refractivity contribution is 6.02. The van der Waals surface area contributed by atoms with E-state index in [2.05, 4.69) is 28.6 Å². The predicted molar refractivity (Wildman–Crippen MR) is 101 cm³/mol. The van der Waals surface area contributed by atoms with Crippen LogP contribution in [0, 0.1) is 0 Å². The Morgan fingerprint density at radius 3 is 2.31 bits per heavy atom. The molecular weight excluding hydrogens is 330 g/mol. The number of hydrogen-bond acceptors (Lipinski definition) is 4. The summed E-state index contributed by atoms with van der Waals surface area (Å²) >= 11 is 0. The van der Waals surface area contributed by atoms with Gasteiger partial charge < -0.3 is 4.57 Å². The van der Waals surface area contributed by atoms with E-state index >= 15 is 0 Å². The number of fused-ring (bicyclic) bond motifs is 3. The molecule has 0 aliphatic heterocycles. The van der Waals surface area contributed by atoms with Crippen LogP contribution in [0.1, 0.15) is 19.9 Å². The van der Waals surface area contributed by atoms with Gasteiger partial charge >= 0.3 is 5.69 Å². The lowest BCUT2D eigenvalue weighted by atomic mass is 10.1. The molecule has 7 nitrogen and oxygen atoms in total. The van der Waals surface area contributed by atoms with Crippen LogP contribution < -0.4 is 11.2 Å². The van der Waals surface area contributed by atoms with E-state index in [9.17, 15) is 9.59 Å². The monoisotopic (exact) mass is 349 g/mol. The number of aromatic nitrogens is 5. The summed E-state index contributed by atoms with van der Waals surface area (Å²) in [7, 11) is 3.09. The molecule has 0 aliphatic rings. The highest BCUT2D eigenvalue weighted by Crippen LogP contribution is 2.32. The van der Waals surface area contributed by atoms with E-state index in [1.54, 1.807) is 7.05 Å². The highest BCUT2D eigenvalue weighted by Gasteiger charge is 2.21. The Balaban J connectivity index is 2.27. The fraction of sp³-hybridized carbons (Fsp3) is 0.263. The Bertz CT molecular complexity index is 1260. The maximum absolute atomic E-state index is 12.9. The summed E-state index contributed by atoms with van der Waals surface area (Å²) in [6, 6.07) is 12.0. The van der Waals surface area contributed by atoms with Gasteiger partial charge in [0.15, 0.2) is 5.65 Å². The second-order valence-corrected chi connectivity index (χ2v) is 6.70. The van der Waals surface area contributed by atoms with Crippen LogP contribution in [-0.2, 0) is 14.1 Å². The largest absolute Gasteiger partial charge is 0.336 e. The van der Waals surface area contributed by atoms with Crippen molar-refractivity contribution in [2.24, 2.45) is 14.1 Å². The summed E-state index contributed by atoms with van der Waals surface area (Å²) in [5.41, 5.74) is 2.87. The second kappa shape index (κ2) is 5.66. The molecule has 0 saturated heterocycles. The van der Waals surface area contributed by atoms with Crippen LogP contribution in [-0.4, -0.2) is 23.9 Å². The zero-order valence-electron chi connectivity index (χ0n) is 15.1. The number of rotatable bonds is 2. The van der Waals surface area contributed by atoms with Crippen LogP contribution in [0.5, 0.6) is 0 Å². The van der Waals surface area contributed by atoms with Crippen molar-refractivity contribution >= 4 is 22.1 Å². The third-order valence-corrected chi connectivity index (χ3v) is 4.73. The number of benzene rings is 1. The Morgan fingerprint density at radius 1 is 0.962 bits per heavy atom. The topological polar surface area (TPSA) is 74.7 Å². The van der Waals surface area contributed by atoms with E-state index in [1.807, 2.05) is 36.4 Å². The standard InChI is InChI=1S/C19H19N5O2/c1-11(2)24-14(12-8-6-5-7-9-12)10-13-16(24)15-17(21-20-13)22(3)19(26)23(4)18(15)25/h5-11H,1-4H3. The van der Waals surface area contributed by atoms with Gasteiger partial charge in [0.1, 0.15) is 10.9 Å². The van der Waals surface area contributed by atoms with E-state index in [0.29, 0.717) is 22.1 Å². The Hall–Kier alpha value is -3.22. The normalized spacial score (nSPS) is 11.7. The molecule has 0 fully saturated rings. The molecule has 0 unspecified atom stereocenters. The molecule has 3 heterocycles. The van der Waals surface area contributed by atoms with E-state index in [-0.39, 0.29) is 11.6 Å². The van der Waals surface area contributed by atoms with E-state index < -0.39 is 5.69 Å². The molecule has 132 valence electrons. The lowest BCUT2D eigenvalue weighted by Crippen LogP contribution is -2.37. The quantitative estimate of drug-likeness (QED) is 0.556. The van der Waals surface area contributed by atoms with Gasteiger partial charge in [0.05, 0.1) is 11.2 Å². The molecule has 0 N–H and O–H groups in total. The first-order valence-electron chi connectivity index (χ1n) is 8.44. The smallest absolute Gasteiger partial charge is 0.332 e. The Morgan fingerprint density at radius 2 is 1.65 bits per heavy atom. The second-order valence-electron chi connectivity index (χ2n) is 6.70. The van der Waals surface area contributed by atoms with Gasteiger partial charge in [-0.2, -0.15) is 0 Å². The fourth-order valence-electron chi connectivity index (χ4n) is 3.46. The Labute approximate surface area is 149 Å². The molecule has 4 rings (SSSR count). The molecular formula is C19H19N5O2. The molecule has 0 aliphatic carbocycles. The minimum absolute atomic E-state index is 0.0945. The van der Waals surface area contributed by atoms with Crippen molar-refractivity contribution in [1.82, 2.24) is 23.9 Å². The number of aryl methyl sites for hydroxylation is 1. The minimum Gasteiger partial charge on any atom is -0.336 e. The van der Waals surface area contributed by atoms with Gasteiger partial charge in [-0.3, -0.25) is 13.9 Å². The minimum atomic E-state index is -0.415. The first-order valence-corrected chi connectivity index (χ1v) is 8.44. The third-order valence-electron chi connectivity index (χ3n) is 4.73. The molecule has 0 bridgehead atoms. The number of nitrogens with zero attached hydrogens (tertiary/aromatic N) is 5. The van der Waals surface area contributed by atoms with Crippen molar-refractivity contribution in [3.05, 3.63) is 57.2 Å². The predicted octanol–water partition coefficient (Wildman–Crippen LogP) is 2.23. The summed E-state index contributed by atoms with van der Waals surface area (Å²) in [6.45, 7) is 4.12. The maximum atomic E-state index is 12.9. The van der Waals surface area contributed by atoms with Gasteiger partial charge in [0, 0.05) is 20.1 Å².